The maximum absolute atomic E-state index is 11.8. The minimum atomic E-state index is -1.06. The Hall–Kier alpha value is -0.640. The summed E-state index contributed by atoms with van der Waals surface area (Å²) in [4.78, 5) is 0. The largest absolute Gasteiger partial charge is 0.393 e. The predicted octanol–water partition coefficient (Wildman–Crippen LogP) is 5.78. The molecule has 7 atom stereocenters. The first-order valence-corrected chi connectivity index (χ1v) is 12.5. The lowest BCUT2D eigenvalue weighted by molar-refractivity contribution is -0.157. The summed E-state index contributed by atoms with van der Waals surface area (Å²) in [6.45, 7) is 13.5. The quantitative estimate of drug-likeness (QED) is 0.491. The van der Waals surface area contributed by atoms with E-state index in [9.17, 15) is 15.3 Å². The average molecular weight is 419 g/mol. The van der Waals surface area contributed by atoms with Crippen LogP contribution in [0.2, 0.25) is 0 Å². The molecule has 3 N–H and O–H groups in total. The van der Waals surface area contributed by atoms with Gasteiger partial charge in [-0.15, -0.1) is 0 Å². The van der Waals surface area contributed by atoms with Crippen LogP contribution in [-0.2, 0) is 0 Å². The minimum Gasteiger partial charge on any atom is -0.393 e. The monoisotopic (exact) mass is 418 g/mol. The zero-order chi connectivity index (χ0) is 22.1. The van der Waals surface area contributed by atoms with E-state index in [2.05, 4.69) is 34.3 Å². The summed E-state index contributed by atoms with van der Waals surface area (Å²) in [5.41, 5.74) is 0.991. The number of rotatable bonds is 7. The standard InChI is InChI=1S/C27H46O3/c1-18(2)8-6-9-20(4)23-12-13-24-26(23,5)14-7-15-27(24,30)25(29)17-21-16-22(28)11-10-19(21)3/h17-18,20,22-25,28-30H,3,6-16H2,1-2,4-5H3/b21-17-/t20-,22+,23-,24?,25?,26-,27?/m1/s1. The van der Waals surface area contributed by atoms with Gasteiger partial charge in [0.1, 0.15) is 6.10 Å². The lowest BCUT2D eigenvalue weighted by Gasteiger charge is -2.52. The molecule has 0 saturated heterocycles. The fraction of sp³-hybridized carbons (Fsp3) is 0.852. The molecule has 30 heavy (non-hydrogen) atoms. The highest BCUT2D eigenvalue weighted by Crippen LogP contribution is 2.62. The highest BCUT2D eigenvalue weighted by molar-refractivity contribution is 5.33. The van der Waals surface area contributed by atoms with Crippen molar-refractivity contribution in [2.45, 2.75) is 116 Å². The molecule has 0 aromatic carbocycles. The molecule has 0 radical (unpaired) electrons. The van der Waals surface area contributed by atoms with Crippen LogP contribution < -0.4 is 0 Å². The third kappa shape index (κ3) is 4.74. The van der Waals surface area contributed by atoms with E-state index in [0.29, 0.717) is 24.7 Å². The molecule has 3 fully saturated rings. The molecule has 3 aliphatic rings. The van der Waals surface area contributed by atoms with Crippen LogP contribution in [0.5, 0.6) is 0 Å². The molecular formula is C27H46O3. The summed E-state index contributed by atoms with van der Waals surface area (Å²) in [5, 5.41) is 33.1. The second-order valence-corrected chi connectivity index (χ2v) is 11.5. The lowest BCUT2D eigenvalue weighted by Crippen LogP contribution is -2.56. The van der Waals surface area contributed by atoms with Crippen molar-refractivity contribution >= 4 is 0 Å². The topological polar surface area (TPSA) is 60.7 Å². The van der Waals surface area contributed by atoms with E-state index in [4.69, 9.17) is 0 Å². The van der Waals surface area contributed by atoms with Gasteiger partial charge >= 0.3 is 0 Å². The van der Waals surface area contributed by atoms with Crippen LogP contribution in [-0.4, -0.2) is 33.1 Å². The summed E-state index contributed by atoms with van der Waals surface area (Å²) in [7, 11) is 0. The van der Waals surface area contributed by atoms with Crippen molar-refractivity contribution in [1.29, 1.82) is 0 Å². The van der Waals surface area contributed by atoms with Crippen LogP contribution in [0.3, 0.4) is 0 Å². The highest BCUT2D eigenvalue weighted by Gasteiger charge is 2.59. The molecule has 0 aromatic heterocycles. The van der Waals surface area contributed by atoms with Crippen molar-refractivity contribution in [2.75, 3.05) is 0 Å². The Kier molecular flexibility index (Phi) is 7.58. The van der Waals surface area contributed by atoms with E-state index >= 15 is 0 Å². The Morgan fingerprint density at radius 2 is 1.87 bits per heavy atom. The molecule has 0 aromatic rings. The van der Waals surface area contributed by atoms with E-state index in [1.165, 1.54) is 25.7 Å². The Bertz CT molecular complexity index is 638. The molecule has 0 bridgehead atoms. The molecule has 3 heteroatoms. The van der Waals surface area contributed by atoms with Gasteiger partial charge < -0.3 is 15.3 Å². The zero-order valence-corrected chi connectivity index (χ0v) is 19.9. The van der Waals surface area contributed by atoms with Gasteiger partial charge in [0.05, 0.1) is 11.7 Å². The summed E-state index contributed by atoms with van der Waals surface area (Å²) in [5.74, 6) is 2.21. The maximum atomic E-state index is 11.8. The van der Waals surface area contributed by atoms with Gasteiger partial charge in [0.2, 0.25) is 0 Å². The zero-order valence-electron chi connectivity index (χ0n) is 19.9. The molecule has 3 unspecified atom stereocenters. The van der Waals surface area contributed by atoms with Crippen molar-refractivity contribution < 1.29 is 15.3 Å². The normalized spacial score (nSPS) is 40.6. The van der Waals surface area contributed by atoms with Crippen molar-refractivity contribution in [3.63, 3.8) is 0 Å². The van der Waals surface area contributed by atoms with Crippen LogP contribution in [0.4, 0.5) is 0 Å². The fourth-order valence-corrected chi connectivity index (χ4v) is 7.23. The van der Waals surface area contributed by atoms with Crippen LogP contribution in [0, 0.1) is 29.1 Å². The number of fused-ring (bicyclic) bond motifs is 1. The van der Waals surface area contributed by atoms with Crippen molar-refractivity contribution in [2.24, 2.45) is 29.1 Å². The third-order valence-corrected chi connectivity index (χ3v) is 8.99. The molecule has 0 heterocycles. The Morgan fingerprint density at radius 3 is 2.57 bits per heavy atom. The first-order valence-electron chi connectivity index (χ1n) is 12.5. The van der Waals surface area contributed by atoms with Gasteiger partial charge in [-0.05, 0) is 92.1 Å². The van der Waals surface area contributed by atoms with Crippen molar-refractivity contribution in [3.8, 4) is 0 Å². The highest BCUT2D eigenvalue weighted by atomic mass is 16.3. The third-order valence-electron chi connectivity index (χ3n) is 8.99. The molecular weight excluding hydrogens is 372 g/mol. The smallest absolute Gasteiger partial charge is 0.102 e. The van der Waals surface area contributed by atoms with Crippen molar-refractivity contribution in [3.05, 3.63) is 23.8 Å². The second-order valence-electron chi connectivity index (χ2n) is 11.5. The van der Waals surface area contributed by atoms with Gasteiger partial charge in [0, 0.05) is 0 Å². The van der Waals surface area contributed by atoms with Crippen molar-refractivity contribution in [1.82, 2.24) is 0 Å². The summed E-state index contributed by atoms with van der Waals surface area (Å²) < 4.78 is 0. The molecule has 3 rings (SSSR count). The molecule has 172 valence electrons. The number of allylic oxidation sites excluding steroid dienone is 1. The molecule has 3 nitrogen and oxygen atoms in total. The molecule has 0 amide bonds. The molecule has 3 saturated carbocycles. The lowest BCUT2D eigenvalue weighted by atomic mass is 9.56. The van der Waals surface area contributed by atoms with Crippen LogP contribution >= 0.6 is 0 Å². The summed E-state index contributed by atoms with van der Waals surface area (Å²) in [6, 6.07) is 0. The van der Waals surface area contributed by atoms with Crippen LogP contribution in [0.15, 0.2) is 23.8 Å². The van der Waals surface area contributed by atoms with Crippen LogP contribution in [0.1, 0.15) is 98.3 Å². The first kappa shape index (κ1) is 24.0. The summed E-state index contributed by atoms with van der Waals surface area (Å²) >= 11 is 0. The SMILES string of the molecule is C=C1CC[C@H](O)C/C1=C/C(O)C1(O)CCC[C@@]2(C)C1CC[C@@H]2[C@H](C)CCCC(C)C. The molecule has 0 aliphatic heterocycles. The Labute approximate surface area is 184 Å². The van der Waals surface area contributed by atoms with E-state index < -0.39 is 11.7 Å². The van der Waals surface area contributed by atoms with Gasteiger partial charge in [-0.1, -0.05) is 59.1 Å². The average Bonchev–Trinajstić information content (AvgIpc) is 3.03. The summed E-state index contributed by atoms with van der Waals surface area (Å²) in [6.07, 6.45) is 11.5. The van der Waals surface area contributed by atoms with E-state index in [1.807, 2.05) is 6.08 Å². The molecule has 3 aliphatic carbocycles. The number of hydrogen-bond acceptors (Lipinski definition) is 3. The fourth-order valence-electron chi connectivity index (χ4n) is 7.23. The molecule has 0 spiro atoms. The van der Waals surface area contributed by atoms with Gasteiger partial charge in [0.25, 0.3) is 0 Å². The number of hydrogen-bond donors (Lipinski definition) is 3. The van der Waals surface area contributed by atoms with Gasteiger partial charge in [0.15, 0.2) is 0 Å². The van der Waals surface area contributed by atoms with Gasteiger partial charge in [-0.3, -0.25) is 0 Å². The van der Waals surface area contributed by atoms with E-state index in [-0.39, 0.29) is 17.4 Å². The Morgan fingerprint density at radius 1 is 1.13 bits per heavy atom. The minimum absolute atomic E-state index is 0.104. The van der Waals surface area contributed by atoms with E-state index in [1.54, 1.807) is 0 Å². The number of aliphatic hydroxyl groups excluding tert-OH is 2. The predicted molar refractivity (Wildman–Crippen MR) is 124 cm³/mol. The number of aliphatic hydroxyl groups is 3. The second kappa shape index (κ2) is 9.46. The Balaban J connectivity index is 1.75. The van der Waals surface area contributed by atoms with Gasteiger partial charge in [-0.25, -0.2) is 0 Å². The maximum Gasteiger partial charge on any atom is 0.102 e. The van der Waals surface area contributed by atoms with Crippen LogP contribution in [0.25, 0.3) is 0 Å². The van der Waals surface area contributed by atoms with Gasteiger partial charge in [-0.2, -0.15) is 0 Å². The van der Waals surface area contributed by atoms with E-state index in [0.717, 1.165) is 49.2 Å². The first-order chi connectivity index (χ1) is 14.1.